The number of halogens is 2. The molecular weight excluding hydrogens is 276 g/mol. The van der Waals surface area contributed by atoms with E-state index in [1.54, 1.807) is 0 Å². The van der Waals surface area contributed by atoms with E-state index in [9.17, 15) is 23.2 Å². The van der Waals surface area contributed by atoms with Crippen LogP contribution in [-0.2, 0) is 14.3 Å². The van der Waals surface area contributed by atoms with Gasteiger partial charge in [-0.15, -0.1) is 0 Å². The quantitative estimate of drug-likeness (QED) is 0.778. The van der Waals surface area contributed by atoms with E-state index in [0.717, 1.165) is 19.2 Å². The summed E-state index contributed by atoms with van der Waals surface area (Å²) in [6.07, 6.45) is -0.630. The molecule has 108 valence electrons. The topological polar surface area (TPSA) is 92.7 Å². The second kappa shape index (κ2) is 6.60. The van der Waals surface area contributed by atoms with Gasteiger partial charge in [0.1, 0.15) is 17.7 Å². The Morgan fingerprint density at radius 3 is 2.55 bits per heavy atom. The normalized spacial score (nSPS) is 11.6. The molecule has 1 aromatic carbocycles. The molecule has 0 spiro atoms. The van der Waals surface area contributed by atoms with Crippen LogP contribution >= 0.6 is 0 Å². The predicted octanol–water partition coefficient (Wildman–Crippen LogP) is 0.711. The van der Waals surface area contributed by atoms with Gasteiger partial charge in [-0.1, -0.05) is 0 Å². The first-order valence-corrected chi connectivity index (χ1v) is 5.40. The molecule has 1 aromatic rings. The van der Waals surface area contributed by atoms with Gasteiger partial charge in [-0.25, -0.2) is 13.6 Å². The Morgan fingerprint density at radius 2 is 2.00 bits per heavy atom. The lowest BCUT2D eigenvalue weighted by atomic mass is 10.1. The molecule has 0 aliphatic carbocycles. The van der Waals surface area contributed by atoms with Gasteiger partial charge in [-0.3, -0.25) is 9.59 Å². The number of rotatable bonds is 5. The Hall–Kier alpha value is -2.51. The highest BCUT2D eigenvalue weighted by Gasteiger charge is 2.25. The molecule has 0 bridgehead atoms. The van der Waals surface area contributed by atoms with E-state index in [4.69, 9.17) is 5.11 Å². The zero-order valence-electron chi connectivity index (χ0n) is 10.4. The minimum absolute atomic E-state index is 0.627. The molecule has 1 atom stereocenters. The lowest BCUT2D eigenvalue weighted by molar-refractivity contribution is -0.147. The van der Waals surface area contributed by atoms with Crippen molar-refractivity contribution in [3.8, 4) is 0 Å². The number of carboxylic acids is 1. The molecule has 6 nitrogen and oxygen atoms in total. The van der Waals surface area contributed by atoms with Crippen molar-refractivity contribution >= 4 is 17.8 Å². The van der Waals surface area contributed by atoms with E-state index >= 15 is 0 Å². The van der Waals surface area contributed by atoms with Gasteiger partial charge in [0.15, 0.2) is 0 Å². The van der Waals surface area contributed by atoms with Crippen molar-refractivity contribution in [2.45, 2.75) is 12.5 Å². The van der Waals surface area contributed by atoms with Crippen LogP contribution in [0.1, 0.15) is 16.8 Å². The fourth-order valence-electron chi connectivity index (χ4n) is 1.36. The standard InChI is InChI=1S/C12H11F2NO5/c1-20-10(16)5-9(12(18)19)15-11(17)7-4-6(13)2-3-8(7)14/h2-4,9H,5H2,1H3,(H,15,17)(H,18,19)/t9-/m0/s1. The van der Waals surface area contributed by atoms with Gasteiger partial charge in [0, 0.05) is 0 Å². The maximum absolute atomic E-state index is 13.3. The predicted molar refractivity (Wildman–Crippen MR) is 61.9 cm³/mol. The molecule has 0 aliphatic heterocycles. The number of amides is 1. The summed E-state index contributed by atoms with van der Waals surface area (Å²) in [5.74, 6) is -5.36. The smallest absolute Gasteiger partial charge is 0.326 e. The number of carbonyl (C=O) groups excluding carboxylic acids is 2. The summed E-state index contributed by atoms with van der Waals surface area (Å²) in [6, 6.07) is 0.578. The number of benzene rings is 1. The third-order valence-electron chi connectivity index (χ3n) is 2.37. The third kappa shape index (κ3) is 4.01. The molecule has 20 heavy (non-hydrogen) atoms. The van der Waals surface area contributed by atoms with Crippen LogP contribution in [0.25, 0.3) is 0 Å². The van der Waals surface area contributed by atoms with Crippen molar-refractivity contribution in [2.24, 2.45) is 0 Å². The highest BCUT2D eigenvalue weighted by molar-refractivity contribution is 5.97. The Balaban J connectivity index is 2.88. The molecule has 2 N–H and O–H groups in total. The molecule has 0 fully saturated rings. The maximum Gasteiger partial charge on any atom is 0.326 e. The van der Waals surface area contributed by atoms with Crippen molar-refractivity contribution in [1.29, 1.82) is 0 Å². The number of carboxylic acid groups (broad SMARTS) is 1. The molecule has 8 heteroatoms. The first-order chi connectivity index (χ1) is 9.35. The fraction of sp³-hybridized carbons (Fsp3) is 0.250. The second-order valence-corrected chi connectivity index (χ2v) is 3.77. The number of methoxy groups -OCH3 is 1. The van der Waals surface area contributed by atoms with Crippen LogP contribution in [0.4, 0.5) is 8.78 Å². The van der Waals surface area contributed by atoms with Crippen LogP contribution in [0.2, 0.25) is 0 Å². The summed E-state index contributed by atoms with van der Waals surface area (Å²) in [6.45, 7) is 0. The molecular formula is C12H11F2NO5. The number of aliphatic carboxylic acids is 1. The molecule has 0 saturated heterocycles. The Kier molecular flexibility index (Phi) is 5.13. The number of ether oxygens (including phenoxy) is 1. The van der Waals surface area contributed by atoms with E-state index in [1.807, 2.05) is 5.32 Å². The highest BCUT2D eigenvalue weighted by Crippen LogP contribution is 2.10. The van der Waals surface area contributed by atoms with Gasteiger partial charge in [0.25, 0.3) is 5.91 Å². The average Bonchev–Trinajstić information content (AvgIpc) is 2.40. The summed E-state index contributed by atoms with van der Waals surface area (Å²) in [5.41, 5.74) is -0.652. The van der Waals surface area contributed by atoms with E-state index in [2.05, 4.69) is 4.74 Å². The minimum atomic E-state index is -1.60. The second-order valence-electron chi connectivity index (χ2n) is 3.77. The van der Waals surface area contributed by atoms with Crippen molar-refractivity contribution in [2.75, 3.05) is 7.11 Å². The van der Waals surface area contributed by atoms with Gasteiger partial charge >= 0.3 is 11.9 Å². The zero-order valence-corrected chi connectivity index (χ0v) is 10.4. The summed E-state index contributed by atoms with van der Waals surface area (Å²) >= 11 is 0. The van der Waals surface area contributed by atoms with Gasteiger partial charge in [-0.05, 0) is 18.2 Å². The lowest BCUT2D eigenvalue weighted by Crippen LogP contribution is -2.42. The molecule has 0 heterocycles. The number of esters is 1. The van der Waals surface area contributed by atoms with Crippen LogP contribution in [-0.4, -0.2) is 36.1 Å². The summed E-state index contributed by atoms with van der Waals surface area (Å²) in [7, 11) is 1.05. The Morgan fingerprint density at radius 1 is 1.35 bits per heavy atom. The number of hydrogen-bond acceptors (Lipinski definition) is 4. The largest absolute Gasteiger partial charge is 0.480 e. The van der Waals surface area contributed by atoms with Crippen molar-refractivity contribution in [1.82, 2.24) is 5.32 Å². The number of hydrogen-bond donors (Lipinski definition) is 2. The lowest BCUT2D eigenvalue weighted by Gasteiger charge is -2.13. The van der Waals surface area contributed by atoms with Crippen LogP contribution in [0, 0.1) is 11.6 Å². The molecule has 1 rings (SSSR count). The van der Waals surface area contributed by atoms with Gasteiger partial charge in [0.2, 0.25) is 0 Å². The number of nitrogens with one attached hydrogen (secondary N) is 1. The van der Waals surface area contributed by atoms with Crippen molar-refractivity contribution in [3.63, 3.8) is 0 Å². The first kappa shape index (κ1) is 15.5. The van der Waals surface area contributed by atoms with Crippen molar-refractivity contribution in [3.05, 3.63) is 35.4 Å². The Labute approximate surface area is 112 Å². The molecule has 0 radical (unpaired) electrons. The third-order valence-corrected chi connectivity index (χ3v) is 2.37. The molecule has 0 unspecified atom stereocenters. The minimum Gasteiger partial charge on any atom is -0.480 e. The zero-order chi connectivity index (χ0) is 15.3. The molecule has 1 amide bonds. The fourth-order valence-corrected chi connectivity index (χ4v) is 1.36. The average molecular weight is 287 g/mol. The summed E-state index contributed by atoms with van der Waals surface area (Å²) in [5, 5.41) is 10.8. The van der Waals surface area contributed by atoms with E-state index in [1.165, 1.54) is 0 Å². The molecule has 0 aliphatic rings. The summed E-state index contributed by atoms with van der Waals surface area (Å²) in [4.78, 5) is 33.5. The first-order valence-electron chi connectivity index (χ1n) is 5.40. The summed E-state index contributed by atoms with van der Waals surface area (Å²) < 4.78 is 30.5. The molecule has 0 saturated carbocycles. The van der Waals surface area contributed by atoms with Gasteiger partial charge in [0.05, 0.1) is 19.1 Å². The molecule has 0 aromatic heterocycles. The van der Waals surface area contributed by atoms with Crippen LogP contribution in [0.15, 0.2) is 18.2 Å². The monoisotopic (exact) mass is 287 g/mol. The van der Waals surface area contributed by atoms with Crippen LogP contribution in [0.5, 0.6) is 0 Å². The van der Waals surface area contributed by atoms with E-state index < -0.39 is 47.5 Å². The van der Waals surface area contributed by atoms with Crippen molar-refractivity contribution < 1.29 is 33.0 Å². The van der Waals surface area contributed by atoms with Gasteiger partial charge < -0.3 is 15.2 Å². The van der Waals surface area contributed by atoms with Crippen LogP contribution in [0.3, 0.4) is 0 Å². The highest BCUT2D eigenvalue weighted by atomic mass is 19.1. The van der Waals surface area contributed by atoms with E-state index in [0.29, 0.717) is 6.07 Å². The Bertz CT molecular complexity index is 547. The maximum atomic E-state index is 13.3. The van der Waals surface area contributed by atoms with Gasteiger partial charge in [-0.2, -0.15) is 0 Å². The van der Waals surface area contributed by atoms with Crippen LogP contribution < -0.4 is 5.32 Å². The SMILES string of the molecule is COC(=O)C[C@H](NC(=O)c1cc(F)ccc1F)C(=O)O. The number of carbonyl (C=O) groups is 3. The van der Waals surface area contributed by atoms with E-state index in [-0.39, 0.29) is 0 Å².